The second-order valence-electron chi connectivity index (χ2n) is 6.32. The van der Waals surface area contributed by atoms with Gasteiger partial charge in [0.25, 0.3) is 0 Å². The van der Waals surface area contributed by atoms with Gasteiger partial charge in [-0.05, 0) is 55.8 Å². The zero-order valence-corrected chi connectivity index (χ0v) is 12.1. The van der Waals surface area contributed by atoms with Crippen LogP contribution in [0.3, 0.4) is 0 Å². The average Bonchev–Trinajstić information content (AvgIpc) is 2.92. The quantitative estimate of drug-likeness (QED) is 0.886. The van der Waals surface area contributed by atoms with Crippen LogP contribution in [0.2, 0.25) is 0 Å². The minimum Gasteiger partial charge on any atom is -0.385 e. The Hall–Kier alpha value is -1.02. The molecule has 0 unspecified atom stereocenters. The SMILES string of the molecule is CN(Cc1cccc2c1CCCN2)CC1CCCC1. The maximum atomic E-state index is 3.53. The molecule has 19 heavy (non-hydrogen) atoms. The number of nitrogens with zero attached hydrogens (tertiary/aromatic N) is 1. The Labute approximate surface area is 117 Å². The van der Waals surface area contributed by atoms with Crippen LogP contribution in [-0.4, -0.2) is 25.0 Å². The summed E-state index contributed by atoms with van der Waals surface area (Å²) in [5.41, 5.74) is 4.47. The summed E-state index contributed by atoms with van der Waals surface area (Å²) in [6.45, 7) is 3.52. The summed E-state index contributed by atoms with van der Waals surface area (Å²) in [4.78, 5) is 2.53. The van der Waals surface area contributed by atoms with Gasteiger partial charge in [0.15, 0.2) is 0 Å². The molecule has 3 rings (SSSR count). The lowest BCUT2D eigenvalue weighted by atomic mass is 9.97. The average molecular weight is 258 g/mol. The Kier molecular flexibility index (Phi) is 4.07. The van der Waals surface area contributed by atoms with E-state index in [-0.39, 0.29) is 0 Å². The molecule has 2 nitrogen and oxygen atoms in total. The van der Waals surface area contributed by atoms with Crippen LogP contribution in [-0.2, 0) is 13.0 Å². The highest BCUT2D eigenvalue weighted by Crippen LogP contribution is 2.28. The highest BCUT2D eigenvalue weighted by Gasteiger charge is 2.18. The van der Waals surface area contributed by atoms with Crippen molar-refractivity contribution in [2.45, 2.75) is 45.1 Å². The topological polar surface area (TPSA) is 15.3 Å². The molecule has 0 aromatic heterocycles. The summed E-state index contributed by atoms with van der Waals surface area (Å²) in [5, 5.41) is 3.53. The zero-order chi connectivity index (χ0) is 13.1. The fourth-order valence-corrected chi connectivity index (χ4v) is 3.72. The van der Waals surface area contributed by atoms with Gasteiger partial charge in [-0.2, -0.15) is 0 Å². The normalized spacial score (nSPS) is 19.5. The van der Waals surface area contributed by atoms with E-state index in [2.05, 4.69) is 35.5 Å². The maximum Gasteiger partial charge on any atom is 0.0375 e. The maximum absolute atomic E-state index is 3.53. The Bertz CT molecular complexity index is 421. The first-order valence-electron chi connectivity index (χ1n) is 7.86. The lowest BCUT2D eigenvalue weighted by molar-refractivity contribution is 0.270. The van der Waals surface area contributed by atoms with Crippen LogP contribution < -0.4 is 5.32 Å². The molecule has 1 heterocycles. The molecule has 0 amide bonds. The Morgan fingerprint density at radius 2 is 2.05 bits per heavy atom. The van der Waals surface area contributed by atoms with Gasteiger partial charge in [-0.3, -0.25) is 0 Å². The summed E-state index contributed by atoms with van der Waals surface area (Å²) in [6, 6.07) is 6.75. The second-order valence-corrected chi connectivity index (χ2v) is 6.32. The van der Waals surface area contributed by atoms with Gasteiger partial charge in [-0.25, -0.2) is 0 Å². The molecule has 1 saturated carbocycles. The predicted octanol–water partition coefficient (Wildman–Crippen LogP) is 3.67. The third-order valence-electron chi connectivity index (χ3n) is 4.68. The molecule has 1 aliphatic carbocycles. The summed E-state index contributed by atoms with van der Waals surface area (Å²) in [5.74, 6) is 0.947. The number of benzene rings is 1. The largest absolute Gasteiger partial charge is 0.385 e. The number of rotatable bonds is 4. The van der Waals surface area contributed by atoms with Gasteiger partial charge < -0.3 is 10.2 Å². The van der Waals surface area contributed by atoms with Crippen LogP contribution in [0.25, 0.3) is 0 Å². The zero-order valence-electron chi connectivity index (χ0n) is 12.1. The van der Waals surface area contributed by atoms with Crippen molar-refractivity contribution in [2.75, 3.05) is 25.5 Å². The first-order valence-corrected chi connectivity index (χ1v) is 7.86. The molecule has 0 saturated heterocycles. The van der Waals surface area contributed by atoms with Crippen LogP contribution in [0.4, 0.5) is 5.69 Å². The molecule has 1 aromatic carbocycles. The fraction of sp³-hybridized carbons (Fsp3) is 0.647. The molecule has 1 aliphatic heterocycles. The fourth-order valence-electron chi connectivity index (χ4n) is 3.72. The number of hydrogen-bond donors (Lipinski definition) is 1. The highest BCUT2D eigenvalue weighted by molar-refractivity contribution is 5.56. The lowest BCUT2D eigenvalue weighted by Crippen LogP contribution is -2.25. The van der Waals surface area contributed by atoms with Gasteiger partial charge >= 0.3 is 0 Å². The summed E-state index contributed by atoms with van der Waals surface area (Å²) in [6.07, 6.45) is 8.30. The third-order valence-corrected chi connectivity index (χ3v) is 4.68. The molecule has 1 N–H and O–H groups in total. The van der Waals surface area contributed by atoms with Crippen LogP contribution >= 0.6 is 0 Å². The van der Waals surface area contributed by atoms with Crippen molar-refractivity contribution in [3.8, 4) is 0 Å². The van der Waals surface area contributed by atoms with E-state index < -0.39 is 0 Å². The highest BCUT2D eigenvalue weighted by atomic mass is 15.1. The third kappa shape index (κ3) is 3.11. The van der Waals surface area contributed by atoms with Crippen LogP contribution in [0.15, 0.2) is 18.2 Å². The molecule has 2 heteroatoms. The predicted molar refractivity (Wildman–Crippen MR) is 81.5 cm³/mol. The summed E-state index contributed by atoms with van der Waals surface area (Å²) >= 11 is 0. The molecule has 0 radical (unpaired) electrons. The Morgan fingerprint density at radius 3 is 2.89 bits per heavy atom. The van der Waals surface area contributed by atoms with E-state index in [1.807, 2.05) is 0 Å². The van der Waals surface area contributed by atoms with E-state index in [0.717, 1.165) is 19.0 Å². The number of anilines is 1. The smallest absolute Gasteiger partial charge is 0.0375 e. The Morgan fingerprint density at radius 1 is 1.21 bits per heavy atom. The van der Waals surface area contributed by atoms with Crippen molar-refractivity contribution in [2.24, 2.45) is 5.92 Å². The van der Waals surface area contributed by atoms with Gasteiger partial charge in [0.2, 0.25) is 0 Å². The molecule has 104 valence electrons. The monoisotopic (exact) mass is 258 g/mol. The first-order chi connectivity index (χ1) is 9.33. The van der Waals surface area contributed by atoms with Crippen LogP contribution in [0.5, 0.6) is 0 Å². The van der Waals surface area contributed by atoms with E-state index in [0.29, 0.717) is 0 Å². The van der Waals surface area contributed by atoms with Gasteiger partial charge in [0.05, 0.1) is 0 Å². The van der Waals surface area contributed by atoms with Crippen LogP contribution in [0, 0.1) is 5.92 Å². The van der Waals surface area contributed by atoms with Crippen molar-refractivity contribution in [1.29, 1.82) is 0 Å². The van der Waals surface area contributed by atoms with Crippen molar-refractivity contribution in [3.63, 3.8) is 0 Å². The first kappa shape index (κ1) is 13.0. The molecule has 0 spiro atoms. The van der Waals surface area contributed by atoms with Gasteiger partial charge in [0, 0.05) is 25.3 Å². The standard InChI is InChI=1S/C17H26N2/c1-19(12-14-6-2-3-7-14)13-15-8-4-10-17-16(15)9-5-11-18-17/h4,8,10,14,18H,2-3,5-7,9,11-13H2,1H3. The number of fused-ring (bicyclic) bond motifs is 1. The molecule has 1 aromatic rings. The van der Waals surface area contributed by atoms with Crippen molar-refractivity contribution < 1.29 is 0 Å². The van der Waals surface area contributed by atoms with Crippen molar-refractivity contribution >= 4 is 5.69 Å². The van der Waals surface area contributed by atoms with E-state index >= 15 is 0 Å². The van der Waals surface area contributed by atoms with E-state index in [4.69, 9.17) is 0 Å². The number of hydrogen-bond acceptors (Lipinski definition) is 2. The van der Waals surface area contributed by atoms with Gasteiger partial charge in [0.1, 0.15) is 0 Å². The van der Waals surface area contributed by atoms with Crippen molar-refractivity contribution in [1.82, 2.24) is 4.90 Å². The molecular formula is C17H26N2. The number of nitrogens with one attached hydrogen (secondary N) is 1. The summed E-state index contributed by atoms with van der Waals surface area (Å²) in [7, 11) is 2.29. The van der Waals surface area contributed by atoms with E-state index in [9.17, 15) is 0 Å². The lowest BCUT2D eigenvalue weighted by Gasteiger charge is -2.25. The molecule has 1 fully saturated rings. The van der Waals surface area contributed by atoms with E-state index in [1.165, 1.54) is 56.3 Å². The Balaban J connectivity index is 1.65. The molecule has 0 atom stereocenters. The molecular weight excluding hydrogens is 232 g/mol. The second kappa shape index (κ2) is 5.96. The van der Waals surface area contributed by atoms with Gasteiger partial charge in [-0.15, -0.1) is 0 Å². The molecule has 0 bridgehead atoms. The van der Waals surface area contributed by atoms with Gasteiger partial charge in [-0.1, -0.05) is 25.0 Å². The van der Waals surface area contributed by atoms with Crippen LogP contribution in [0.1, 0.15) is 43.2 Å². The molecule has 2 aliphatic rings. The van der Waals surface area contributed by atoms with Crippen molar-refractivity contribution in [3.05, 3.63) is 29.3 Å². The summed E-state index contributed by atoms with van der Waals surface area (Å²) < 4.78 is 0. The minimum atomic E-state index is 0.947. The van der Waals surface area contributed by atoms with E-state index in [1.54, 1.807) is 5.56 Å². The minimum absolute atomic E-state index is 0.947.